The first-order chi connectivity index (χ1) is 12.7. The Morgan fingerprint density at radius 3 is 2.26 bits per heavy atom. The number of carbonyl (C=O) groups is 1. The first-order valence-corrected chi connectivity index (χ1v) is 9.43. The van der Waals surface area contributed by atoms with E-state index < -0.39 is 33.2 Å². The Labute approximate surface area is 155 Å². The molecule has 27 heavy (non-hydrogen) atoms. The van der Waals surface area contributed by atoms with Gasteiger partial charge in [-0.15, -0.1) is 0 Å². The van der Waals surface area contributed by atoms with Crippen LogP contribution >= 0.6 is 0 Å². The minimum atomic E-state index is -3.98. The Hall–Kier alpha value is -2.85. The lowest BCUT2D eigenvalue weighted by atomic mass is 10.2. The van der Waals surface area contributed by atoms with Crippen LogP contribution in [0.3, 0.4) is 0 Å². The molecule has 2 rings (SSSR count). The van der Waals surface area contributed by atoms with Crippen LogP contribution in [0.4, 0.5) is 10.1 Å². The summed E-state index contributed by atoms with van der Waals surface area (Å²) in [7, 11) is -3.98. The molecule has 2 aromatic carbocycles. The summed E-state index contributed by atoms with van der Waals surface area (Å²) < 4.78 is 39.1. The summed E-state index contributed by atoms with van der Waals surface area (Å²) in [6.45, 7) is 1.35. The van der Waals surface area contributed by atoms with Gasteiger partial charge in [-0.1, -0.05) is 19.1 Å². The van der Waals surface area contributed by atoms with Gasteiger partial charge in [-0.25, -0.2) is 12.8 Å². The van der Waals surface area contributed by atoms with Gasteiger partial charge < -0.3 is 5.32 Å². The molecular formula is C17H18FN3O5S. The van der Waals surface area contributed by atoms with E-state index in [2.05, 4.69) is 5.32 Å². The predicted octanol–water partition coefficient (Wildman–Crippen LogP) is 2.06. The third-order valence-electron chi connectivity index (χ3n) is 3.76. The zero-order valence-electron chi connectivity index (χ0n) is 14.5. The molecule has 0 atom stereocenters. The molecule has 8 nitrogen and oxygen atoms in total. The molecule has 1 N–H and O–H groups in total. The number of amides is 1. The molecule has 0 aliphatic rings. The monoisotopic (exact) mass is 395 g/mol. The average molecular weight is 395 g/mol. The molecule has 0 unspecified atom stereocenters. The van der Waals surface area contributed by atoms with Crippen LogP contribution in [-0.4, -0.2) is 36.6 Å². The van der Waals surface area contributed by atoms with Crippen molar-refractivity contribution >= 4 is 21.6 Å². The van der Waals surface area contributed by atoms with Crippen molar-refractivity contribution in [1.82, 2.24) is 9.62 Å². The highest BCUT2D eigenvalue weighted by Crippen LogP contribution is 2.19. The van der Waals surface area contributed by atoms with E-state index in [-0.39, 0.29) is 23.7 Å². The smallest absolute Gasteiger partial charge is 0.269 e. The maximum Gasteiger partial charge on any atom is 0.269 e. The number of likely N-dealkylation sites (N-methyl/N-ethyl adjacent to an activating group) is 1. The van der Waals surface area contributed by atoms with Gasteiger partial charge in [0, 0.05) is 25.2 Å². The zero-order valence-corrected chi connectivity index (χ0v) is 15.3. The number of benzene rings is 2. The van der Waals surface area contributed by atoms with Gasteiger partial charge in [0.15, 0.2) is 0 Å². The topological polar surface area (TPSA) is 110 Å². The summed E-state index contributed by atoms with van der Waals surface area (Å²) in [6, 6.07) is 10.0. The first kappa shape index (κ1) is 20.5. The van der Waals surface area contributed by atoms with E-state index in [9.17, 15) is 27.7 Å². The predicted molar refractivity (Wildman–Crippen MR) is 95.8 cm³/mol. The number of sulfonamides is 1. The summed E-state index contributed by atoms with van der Waals surface area (Å²) in [5, 5.41) is 13.3. The van der Waals surface area contributed by atoms with Crippen LogP contribution in [0.25, 0.3) is 0 Å². The molecular weight excluding hydrogens is 377 g/mol. The SMILES string of the molecule is CCN(CC(=O)NCc1ccc(F)cc1)S(=O)(=O)c1ccc([N+](=O)[O-])cc1. The molecule has 0 bridgehead atoms. The Morgan fingerprint density at radius 1 is 1.15 bits per heavy atom. The quantitative estimate of drug-likeness (QED) is 0.543. The largest absolute Gasteiger partial charge is 0.351 e. The fraction of sp³-hybridized carbons (Fsp3) is 0.235. The summed E-state index contributed by atoms with van der Waals surface area (Å²) in [5.41, 5.74) is 0.445. The third-order valence-corrected chi connectivity index (χ3v) is 5.70. The van der Waals surface area contributed by atoms with Gasteiger partial charge in [0.05, 0.1) is 16.4 Å². The van der Waals surface area contributed by atoms with Crippen molar-refractivity contribution in [3.05, 3.63) is 70.0 Å². The molecule has 0 aliphatic carbocycles. The fourth-order valence-corrected chi connectivity index (χ4v) is 3.68. The van der Waals surface area contributed by atoms with E-state index in [1.807, 2.05) is 0 Å². The first-order valence-electron chi connectivity index (χ1n) is 7.99. The van der Waals surface area contributed by atoms with Gasteiger partial charge in [0.25, 0.3) is 5.69 Å². The van der Waals surface area contributed by atoms with Crippen LogP contribution in [0.5, 0.6) is 0 Å². The van der Waals surface area contributed by atoms with Crippen molar-refractivity contribution < 1.29 is 22.5 Å². The van der Waals surface area contributed by atoms with Crippen molar-refractivity contribution in [1.29, 1.82) is 0 Å². The highest BCUT2D eigenvalue weighted by molar-refractivity contribution is 7.89. The zero-order chi connectivity index (χ0) is 20.0. The van der Waals surface area contributed by atoms with Crippen LogP contribution in [-0.2, 0) is 21.4 Å². The van der Waals surface area contributed by atoms with E-state index in [1.165, 1.54) is 24.3 Å². The summed E-state index contributed by atoms with van der Waals surface area (Å²) >= 11 is 0. The average Bonchev–Trinajstić information content (AvgIpc) is 2.65. The minimum absolute atomic E-state index is 0.0449. The van der Waals surface area contributed by atoms with Crippen LogP contribution in [0.2, 0.25) is 0 Å². The van der Waals surface area contributed by atoms with Crippen molar-refractivity contribution in [2.24, 2.45) is 0 Å². The molecule has 1 amide bonds. The second kappa shape index (κ2) is 8.69. The van der Waals surface area contributed by atoms with Gasteiger partial charge in [-0.05, 0) is 29.8 Å². The minimum Gasteiger partial charge on any atom is -0.351 e. The lowest BCUT2D eigenvalue weighted by Crippen LogP contribution is -2.40. The highest BCUT2D eigenvalue weighted by atomic mass is 32.2. The second-order valence-corrected chi connectivity index (χ2v) is 7.52. The number of rotatable bonds is 8. The number of hydrogen-bond donors (Lipinski definition) is 1. The van der Waals surface area contributed by atoms with Gasteiger partial charge >= 0.3 is 0 Å². The molecule has 0 aromatic heterocycles. The Kier molecular flexibility index (Phi) is 6.59. The Balaban J connectivity index is 2.04. The van der Waals surface area contributed by atoms with Crippen LogP contribution in [0.15, 0.2) is 53.4 Å². The van der Waals surface area contributed by atoms with E-state index >= 15 is 0 Å². The Bertz CT molecular complexity index is 915. The second-order valence-electron chi connectivity index (χ2n) is 5.59. The maximum atomic E-state index is 12.9. The van der Waals surface area contributed by atoms with Gasteiger partial charge in [-0.2, -0.15) is 4.31 Å². The molecule has 0 fully saturated rings. The number of hydrogen-bond acceptors (Lipinski definition) is 5. The number of nitrogens with one attached hydrogen (secondary N) is 1. The molecule has 144 valence electrons. The van der Waals surface area contributed by atoms with Crippen molar-refractivity contribution in [2.45, 2.75) is 18.4 Å². The summed E-state index contributed by atoms with van der Waals surface area (Å²) in [4.78, 5) is 22.0. The molecule has 0 saturated carbocycles. The van der Waals surface area contributed by atoms with Crippen molar-refractivity contribution in [3.63, 3.8) is 0 Å². The molecule has 10 heteroatoms. The van der Waals surface area contributed by atoms with E-state index in [1.54, 1.807) is 6.92 Å². The standard InChI is InChI=1S/C17H18FN3O5S/c1-2-20(12-17(22)19-11-13-3-5-14(18)6-4-13)27(25,26)16-9-7-15(8-10-16)21(23)24/h3-10H,2,11-12H2,1H3,(H,19,22). The number of nitrogens with zero attached hydrogens (tertiary/aromatic N) is 2. The molecule has 2 aromatic rings. The molecule has 0 aliphatic heterocycles. The highest BCUT2D eigenvalue weighted by Gasteiger charge is 2.25. The van der Waals surface area contributed by atoms with Crippen LogP contribution in [0, 0.1) is 15.9 Å². The van der Waals surface area contributed by atoms with Gasteiger partial charge in [0.2, 0.25) is 15.9 Å². The normalized spacial score (nSPS) is 11.4. The summed E-state index contributed by atoms with van der Waals surface area (Å²) in [6.07, 6.45) is 0. The maximum absolute atomic E-state index is 12.9. The lowest BCUT2D eigenvalue weighted by molar-refractivity contribution is -0.384. The van der Waals surface area contributed by atoms with Crippen LogP contribution in [0.1, 0.15) is 12.5 Å². The number of non-ortho nitro benzene ring substituents is 1. The summed E-state index contributed by atoms with van der Waals surface area (Å²) in [5.74, 6) is -0.914. The van der Waals surface area contributed by atoms with Gasteiger partial charge in [-0.3, -0.25) is 14.9 Å². The van der Waals surface area contributed by atoms with Crippen molar-refractivity contribution in [3.8, 4) is 0 Å². The number of halogens is 1. The third kappa shape index (κ3) is 5.31. The lowest BCUT2D eigenvalue weighted by Gasteiger charge is -2.20. The molecule has 0 spiro atoms. The molecule has 0 saturated heterocycles. The number of carbonyl (C=O) groups excluding carboxylic acids is 1. The van der Waals surface area contributed by atoms with E-state index in [0.29, 0.717) is 5.56 Å². The Morgan fingerprint density at radius 2 is 1.74 bits per heavy atom. The molecule has 0 heterocycles. The fourth-order valence-electron chi connectivity index (χ4n) is 2.27. The van der Waals surface area contributed by atoms with Crippen molar-refractivity contribution in [2.75, 3.05) is 13.1 Å². The van der Waals surface area contributed by atoms with E-state index in [0.717, 1.165) is 28.6 Å². The number of nitro benzene ring substituents is 1. The van der Waals surface area contributed by atoms with Gasteiger partial charge in [0.1, 0.15) is 5.82 Å². The van der Waals surface area contributed by atoms with E-state index in [4.69, 9.17) is 0 Å². The van der Waals surface area contributed by atoms with Crippen LogP contribution < -0.4 is 5.32 Å². The molecule has 0 radical (unpaired) electrons. The number of nitro groups is 1.